The number of hydrogen-bond donors (Lipinski definition) is 2. The lowest BCUT2D eigenvalue weighted by atomic mass is 9.75. The third-order valence-corrected chi connectivity index (χ3v) is 7.55. The van der Waals surface area contributed by atoms with Gasteiger partial charge in [0.05, 0.1) is 17.4 Å². The second-order valence-corrected chi connectivity index (χ2v) is 11.1. The monoisotopic (exact) mass is 621 g/mol. The van der Waals surface area contributed by atoms with Gasteiger partial charge in [-0.1, -0.05) is 0 Å². The van der Waals surface area contributed by atoms with E-state index in [0.29, 0.717) is 18.5 Å². The fourth-order valence-electron chi connectivity index (χ4n) is 5.19. The fourth-order valence-corrected chi connectivity index (χ4v) is 5.19. The normalized spacial score (nSPS) is 22.3. The molecule has 2 N–H and O–H groups in total. The maximum atomic E-state index is 13.8. The van der Waals surface area contributed by atoms with E-state index >= 15 is 0 Å². The average molecular weight is 622 g/mol. The Morgan fingerprint density at radius 3 is 2.07 bits per heavy atom. The van der Waals surface area contributed by atoms with Gasteiger partial charge in [0, 0.05) is 63.3 Å². The van der Waals surface area contributed by atoms with Gasteiger partial charge in [-0.05, 0) is 56.7 Å². The summed E-state index contributed by atoms with van der Waals surface area (Å²) < 4.78 is 65.6. The molecule has 16 heteroatoms. The standard InChI is InChI=1S/C23H31N5O.2C2HF3O2/c1-17(2)28-14-21(25-16-28)20-13-26(11-18-3-4-18)15-23(20)7-10-27(22(23)29)12-19-5-8-24-9-6-19;2*3-2(4,5)1(6)7/h5-6,8-9,14,16-18,20H,3-4,7,10-13,15H2,1-2H3;2*(H,6,7). The Kier molecular flexibility index (Phi) is 10.5. The highest BCUT2D eigenvalue weighted by molar-refractivity contribution is 5.86. The van der Waals surface area contributed by atoms with E-state index in [4.69, 9.17) is 24.8 Å². The van der Waals surface area contributed by atoms with Crippen molar-refractivity contribution in [2.75, 3.05) is 26.2 Å². The molecule has 0 bridgehead atoms. The molecule has 238 valence electrons. The van der Waals surface area contributed by atoms with Gasteiger partial charge < -0.3 is 24.6 Å². The van der Waals surface area contributed by atoms with Gasteiger partial charge in [-0.2, -0.15) is 26.3 Å². The number of alkyl halides is 6. The number of carboxylic acid groups (broad SMARTS) is 2. The van der Waals surface area contributed by atoms with Gasteiger partial charge in [0.2, 0.25) is 5.91 Å². The minimum atomic E-state index is -5.08. The van der Waals surface area contributed by atoms with Gasteiger partial charge >= 0.3 is 24.3 Å². The zero-order valence-corrected chi connectivity index (χ0v) is 23.5. The Hall–Kier alpha value is -3.69. The van der Waals surface area contributed by atoms with Gasteiger partial charge in [0.25, 0.3) is 0 Å². The van der Waals surface area contributed by atoms with Gasteiger partial charge in [0.1, 0.15) is 0 Å². The minimum Gasteiger partial charge on any atom is -0.475 e. The molecule has 2 unspecified atom stereocenters. The molecular formula is C27H33F6N5O5. The molecule has 1 aliphatic carbocycles. The van der Waals surface area contributed by atoms with Gasteiger partial charge in [0.15, 0.2) is 0 Å². The first-order valence-electron chi connectivity index (χ1n) is 13.5. The molecule has 2 atom stereocenters. The molecule has 3 aliphatic rings. The summed E-state index contributed by atoms with van der Waals surface area (Å²) in [7, 11) is 0. The molecule has 3 fully saturated rings. The Balaban J connectivity index is 0.000000303. The molecule has 2 saturated heterocycles. The lowest BCUT2D eigenvalue weighted by Crippen LogP contribution is -2.39. The van der Waals surface area contributed by atoms with Crippen molar-refractivity contribution in [2.45, 2.75) is 64.0 Å². The van der Waals surface area contributed by atoms with Crippen LogP contribution in [0.3, 0.4) is 0 Å². The molecule has 1 spiro atoms. The van der Waals surface area contributed by atoms with Crippen LogP contribution in [0.15, 0.2) is 37.1 Å². The molecule has 2 aliphatic heterocycles. The number of pyridine rings is 1. The number of imidazole rings is 1. The van der Waals surface area contributed by atoms with E-state index in [-0.39, 0.29) is 11.3 Å². The van der Waals surface area contributed by atoms with E-state index in [1.54, 1.807) is 12.4 Å². The van der Waals surface area contributed by atoms with Crippen molar-refractivity contribution >= 4 is 17.8 Å². The van der Waals surface area contributed by atoms with E-state index in [1.807, 2.05) is 18.5 Å². The maximum Gasteiger partial charge on any atom is 0.490 e. The molecule has 43 heavy (non-hydrogen) atoms. The smallest absolute Gasteiger partial charge is 0.475 e. The molecule has 2 aromatic heterocycles. The number of aromatic nitrogens is 3. The van der Waals surface area contributed by atoms with E-state index in [2.05, 4.69) is 39.4 Å². The zero-order chi connectivity index (χ0) is 32.2. The van der Waals surface area contributed by atoms with Crippen molar-refractivity contribution in [3.63, 3.8) is 0 Å². The molecule has 1 saturated carbocycles. The number of halogens is 6. The summed E-state index contributed by atoms with van der Waals surface area (Å²) in [6.45, 7) is 8.84. The summed E-state index contributed by atoms with van der Waals surface area (Å²) >= 11 is 0. The molecule has 5 rings (SSSR count). The van der Waals surface area contributed by atoms with Gasteiger partial charge in [-0.25, -0.2) is 14.6 Å². The van der Waals surface area contributed by atoms with Crippen LogP contribution in [0.1, 0.15) is 56.3 Å². The quantitative estimate of drug-likeness (QED) is 0.456. The number of rotatable bonds is 6. The van der Waals surface area contributed by atoms with Crippen molar-refractivity contribution in [1.29, 1.82) is 0 Å². The molecule has 0 aromatic carbocycles. The summed E-state index contributed by atoms with van der Waals surface area (Å²) in [6.07, 6.45) is 1.18. The van der Waals surface area contributed by atoms with E-state index < -0.39 is 24.3 Å². The highest BCUT2D eigenvalue weighted by atomic mass is 19.4. The summed E-state index contributed by atoms with van der Waals surface area (Å²) in [5.74, 6) is -4.17. The van der Waals surface area contributed by atoms with E-state index in [9.17, 15) is 31.1 Å². The van der Waals surface area contributed by atoms with Crippen LogP contribution in [-0.2, 0) is 20.9 Å². The molecule has 1 amide bonds. The first-order valence-corrected chi connectivity index (χ1v) is 13.5. The Bertz CT molecular complexity index is 1240. The second-order valence-electron chi connectivity index (χ2n) is 11.1. The number of amides is 1. The van der Waals surface area contributed by atoms with Gasteiger partial charge in [-0.15, -0.1) is 0 Å². The van der Waals surface area contributed by atoms with Crippen molar-refractivity contribution < 1.29 is 50.9 Å². The Morgan fingerprint density at radius 2 is 1.60 bits per heavy atom. The number of carbonyl (C=O) groups excluding carboxylic acids is 1. The van der Waals surface area contributed by atoms with Crippen LogP contribution in [-0.4, -0.2) is 90.9 Å². The van der Waals surface area contributed by atoms with Crippen molar-refractivity contribution in [3.05, 3.63) is 48.3 Å². The molecule has 0 radical (unpaired) electrons. The number of carboxylic acids is 2. The number of hydrogen-bond acceptors (Lipinski definition) is 6. The van der Waals surface area contributed by atoms with Crippen LogP contribution >= 0.6 is 0 Å². The summed E-state index contributed by atoms with van der Waals surface area (Å²) in [6, 6.07) is 4.40. The average Bonchev–Trinajstić information content (AvgIpc) is 3.32. The van der Waals surface area contributed by atoms with Crippen molar-refractivity contribution in [3.8, 4) is 0 Å². The summed E-state index contributed by atoms with van der Waals surface area (Å²) in [5.41, 5.74) is 1.92. The molecule has 10 nitrogen and oxygen atoms in total. The van der Waals surface area contributed by atoms with Crippen LogP contribution in [0, 0.1) is 11.3 Å². The van der Waals surface area contributed by atoms with Crippen LogP contribution < -0.4 is 0 Å². The number of nitrogens with zero attached hydrogens (tertiary/aromatic N) is 5. The molecule has 4 heterocycles. The molecular weight excluding hydrogens is 588 g/mol. The van der Waals surface area contributed by atoms with Crippen LogP contribution in [0.5, 0.6) is 0 Å². The van der Waals surface area contributed by atoms with Crippen molar-refractivity contribution in [2.24, 2.45) is 11.3 Å². The topological polar surface area (TPSA) is 129 Å². The molecule has 2 aromatic rings. The predicted octanol–water partition coefficient (Wildman–Crippen LogP) is 4.35. The Labute approximate surface area is 243 Å². The van der Waals surface area contributed by atoms with Crippen LogP contribution in [0.2, 0.25) is 0 Å². The zero-order valence-electron chi connectivity index (χ0n) is 23.5. The Morgan fingerprint density at radius 1 is 1.05 bits per heavy atom. The summed E-state index contributed by atoms with van der Waals surface area (Å²) in [5, 5.41) is 14.2. The predicted molar refractivity (Wildman–Crippen MR) is 139 cm³/mol. The first kappa shape index (κ1) is 33.8. The second kappa shape index (κ2) is 13.3. The first-order chi connectivity index (χ1) is 19.9. The van der Waals surface area contributed by atoms with Crippen molar-refractivity contribution in [1.82, 2.24) is 24.3 Å². The number of aliphatic carboxylic acids is 2. The number of carbonyl (C=O) groups is 3. The van der Waals surface area contributed by atoms with Crippen LogP contribution in [0.25, 0.3) is 0 Å². The van der Waals surface area contributed by atoms with E-state index in [1.165, 1.54) is 12.8 Å². The third kappa shape index (κ3) is 8.91. The van der Waals surface area contributed by atoms with Gasteiger partial charge in [-0.3, -0.25) is 9.78 Å². The largest absolute Gasteiger partial charge is 0.490 e. The summed E-state index contributed by atoms with van der Waals surface area (Å²) in [4.78, 5) is 45.0. The third-order valence-electron chi connectivity index (χ3n) is 7.55. The fraction of sp³-hybridized carbons (Fsp3) is 0.593. The maximum absolute atomic E-state index is 13.8. The lowest BCUT2D eigenvalue weighted by Gasteiger charge is -2.28. The SMILES string of the molecule is CC(C)n1cnc(C2CN(CC3CC3)CC23CCN(Cc2ccncc2)C3=O)c1.O=C(O)C(F)(F)F.O=C(O)C(F)(F)F. The minimum absolute atomic E-state index is 0.191. The van der Waals surface area contributed by atoms with E-state index in [0.717, 1.165) is 49.8 Å². The number of likely N-dealkylation sites (tertiary alicyclic amines) is 2. The lowest BCUT2D eigenvalue weighted by molar-refractivity contribution is -0.193. The highest BCUT2D eigenvalue weighted by Gasteiger charge is 2.58. The van der Waals surface area contributed by atoms with Crippen LogP contribution in [0.4, 0.5) is 26.3 Å². The highest BCUT2D eigenvalue weighted by Crippen LogP contribution is 2.50.